The van der Waals surface area contributed by atoms with Crippen molar-refractivity contribution in [1.82, 2.24) is 20.4 Å². The molecule has 2 heterocycles. The number of carbonyl (C=O) groups is 1. The average Bonchev–Trinajstić information content (AvgIpc) is 3.04. The van der Waals surface area contributed by atoms with E-state index in [1.165, 1.54) is 0 Å². The van der Waals surface area contributed by atoms with Gasteiger partial charge < -0.3 is 15.1 Å². The minimum absolute atomic E-state index is 0.0481. The van der Waals surface area contributed by atoms with Gasteiger partial charge in [0.25, 0.3) is 0 Å². The lowest BCUT2D eigenvalue weighted by Gasteiger charge is -2.05. The van der Waals surface area contributed by atoms with Crippen molar-refractivity contribution in [2.45, 2.75) is 20.0 Å². The highest BCUT2D eigenvalue weighted by atomic mass is 16.3. The van der Waals surface area contributed by atoms with E-state index in [4.69, 9.17) is 4.42 Å². The summed E-state index contributed by atoms with van der Waals surface area (Å²) in [5.41, 5.74) is 1.14. The fourth-order valence-electron chi connectivity index (χ4n) is 1.65. The van der Waals surface area contributed by atoms with E-state index in [1.54, 1.807) is 12.3 Å². The molecule has 0 radical (unpaired) electrons. The number of rotatable bonds is 7. The highest BCUT2D eigenvalue weighted by Gasteiger charge is 2.02. The van der Waals surface area contributed by atoms with Gasteiger partial charge in [-0.2, -0.15) is 5.10 Å². The van der Waals surface area contributed by atoms with Crippen LogP contribution in [0, 0.1) is 6.92 Å². The molecule has 0 fully saturated rings. The van der Waals surface area contributed by atoms with Crippen LogP contribution in [-0.4, -0.2) is 28.8 Å². The Balaban J connectivity index is 1.56. The molecule has 0 bridgehead atoms. The van der Waals surface area contributed by atoms with Crippen molar-refractivity contribution in [2.24, 2.45) is 0 Å². The highest BCUT2D eigenvalue weighted by Crippen LogP contribution is 1.98. The van der Waals surface area contributed by atoms with Crippen LogP contribution in [0.2, 0.25) is 0 Å². The van der Waals surface area contributed by atoms with E-state index in [0.717, 1.165) is 17.9 Å². The van der Waals surface area contributed by atoms with Crippen molar-refractivity contribution in [3.63, 3.8) is 0 Å². The molecule has 0 saturated carbocycles. The van der Waals surface area contributed by atoms with Crippen LogP contribution in [0.1, 0.15) is 11.3 Å². The van der Waals surface area contributed by atoms with Crippen molar-refractivity contribution in [1.29, 1.82) is 0 Å². The number of nitrogens with one attached hydrogen (secondary N) is 2. The number of amides is 1. The van der Waals surface area contributed by atoms with Crippen LogP contribution in [0.3, 0.4) is 0 Å². The summed E-state index contributed by atoms with van der Waals surface area (Å²) in [6.07, 6.45) is 5.38. The zero-order chi connectivity index (χ0) is 13.5. The number of aromatic nitrogens is 2. The molecule has 2 aromatic heterocycles. The van der Waals surface area contributed by atoms with Gasteiger partial charge in [0, 0.05) is 12.7 Å². The van der Waals surface area contributed by atoms with E-state index in [2.05, 4.69) is 15.7 Å². The Morgan fingerprint density at radius 1 is 1.53 bits per heavy atom. The Kier molecular flexibility index (Phi) is 4.74. The van der Waals surface area contributed by atoms with Gasteiger partial charge in [-0.15, -0.1) is 0 Å². The van der Waals surface area contributed by atoms with Gasteiger partial charge in [-0.1, -0.05) is 0 Å². The van der Waals surface area contributed by atoms with Crippen LogP contribution in [-0.2, 0) is 17.9 Å². The summed E-state index contributed by atoms with van der Waals surface area (Å²) in [6, 6.07) is 3.62. The molecule has 2 aromatic rings. The summed E-state index contributed by atoms with van der Waals surface area (Å²) in [5, 5.41) is 10.0. The molecule has 0 aliphatic rings. The molecule has 0 saturated heterocycles. The predicted octanol–water partition coefficient (Wildman–Crippen LogP) is 0.691. The number of aryl methyl sites for hydroxylation is 1. The molecule has 102 valence electrons. The first kappa shape index (κ1) is 13.4. The molecule has 1 amide bonds. The Morgan fingerprint density at radius 3 is 3.11 bits per heavy atom. The second-order valence-corrected chi connectivity index (χ2v) is 4.31. The Labute approximate surface area is 111 Å². The Morgan fingerprint density at radius 2 is 2.42 bits per heavy atom. The van der Waals surface area contributed by atoms with Gasteiger partial charge in [0.15, 0.2) is 0 Å². The van der Waals surface area contributed by atoms with Crippen molar-refractivity contribution < 1.29 is 9.21 Å². The molecule has 0 aliphatic carbocycles. The zero-order valence-corrected chi connectivity index (χ0v) is 10.9. The molecule has 6 nitrogen and oxygen atoms in total. The van der Waals surface area contributed by atoms with E-state index in [1.807, 2.05) is 30.1 Å². The van der Waals surface area contributed by atoms with Crippen molar-refractivity contribution >= 4 is 5.91 Å². The summed E-state index contributed by atoms with van der Waals surface area (Å²) in [5.74, 6) is 0.702. The summed E-state index contributed by atoms with van der Waals surface area (Å²) < 4.78 is 6.97. The van der Waals surface area contributed by atoms with Crippen LogP contribution in [0.15, 0.2) is 35.2 Å². The van der Waals surface area contributed by atoms with Gasteiger partial charge in [-0.05, 0) is 24.6 Å². The van der Waals surface area contributed by atoms with E-state index < -0.39 is 0 Å². The van der Waals surface area contributed by atoms with Gasteiger partial charge in [-0.3, -0.25) is 9.48 Å². The fraction of sp³-hybridized carbons (Fsp3) is 0.385. The first-order chi connectivity index (χ1) is 9.24. The van der Waals surface area contributed by atoms with E-state index in [9.17, 15) is 4.79 Å². The molecular weight excluding hydrogens is 244 g/mol. The summed E-state index contributed by atoms with van der Waals surface area (Å²) >= 11 is 0. The smallest absolute Gasteiger partial charge is 0.234 e. The molecule has 0 aliphatic heterocycles. The molecule has 0 aromatic carbocycles. The summed E-state index contributed by atoms with van der Waals surface area (Å²) in [6.45, 7) is 4.17. The zero-order valence-electron chi connectivity index (χ0n) is 10.9. The molecular formula is C13H18N4O2. The topological polar surface area (TPSA) is 72.1 Å². The number of hydrogen-bond acceptors (Lipinski definition) is 4. The third-order valence-electron chi connectivity index (χ3n) is 2.61. The molecule has 0 unspecified atom stereocenters. The van der Waals surface area contributed by atoms with Gasteiger partial charge in [-0.25, -0.2) is 0 Å². The molecule has 2 rings (SSSR count). The normalized spacial score (nSPS) is 10.6. The first-order valence-electron chi connectivity index (χ1n) is 6.23. The fourth-order valence-corrected chi connectivity index (χ4v) is 1.65. The first-order valence-corrected chi connectivity index (χ1v) is 6.23. The summed E-state index contributed by atoms with van der Waals surface area (Å²) in [4.78, 5) is 11.5. The third-order valence-corrected chi connectivity index (χ3v) is 2.61. The van der Waals surface area contributed by atoms with Crippen LogP contribution in [0.25, 0.3) is 0 Å². The van der Waals surface area contributed by atoms with Crippen LogP contribution >= 0.6 is 0 Å². The van der Waals surface area contributed by atoms with E-state index in [-0.39, 0.29) is 5.91 Å². The van der Waals surface area contributed by atoms with E-state index in [0.29, 0.717) is 19.6 Å². The number of nitrogens with zero attached hydrogens (tertiary/aromatic N) is 2. The number of furan rings is 1. The quantitative estimate of drug-likeness (QED) is 0.720. The lowest BCUT2D eigenvalue weighted by atomic mass is 10.4. The second-order valence-electron chi connectivity index (χ2n) is 4.31. The van der Waals surface area contributed by atoms with Crippen molar-refractivity contribution in [3.8, 4) is 0 Å². The second kappa shape index (κ2) is 6.75. The maximum absolute atomic E-state index is 11.5. The summed E-state index contributed by atoms with van der Waals surface area (Å²) in [7, 11) is 0. The van der Waals surface area contributed by atoms with Crippen molar-refractivity contribution in [3.05, 3.63) is 42.1 Å². The molecule has 19 heavy (non-hydrogen) atoms. The SMILES string of the molecule is Cc1cnn(CCNCC(=O)NCc2ccco2)c1. The molecule has 2 N–H and O–H groups in total. The van der Waals surface area contributed by atoms with Crippen LogP contribution in [0.5, 0.6) is 0 Å². The van der Waals surface area contributed by atoms with Gasteiger partial charge in [0.05, 0.1) is 32.1 Å². The van der Waals surface area contributed by atoms with Gasteiger partial charge in [0.1, 0.15) is 5.76 Å². The van der Waals surface area contributed by atoms with Gasteiger partial charge in [0.2, 0.25) is 5.91 Å². The lowest BCUT2D eigenvalue weighted by molar-refractivity contribution is -0.120. The molecule has 0 spiro atoms. The lowest BCUT2D eigenvalue weighted by Crippen LogP contribution is -2.34. The maximum Gasteiger partial charge on any atom is 0.234 e. The molecule has 6 heteroatoms. The number of hydrogen-bond donors (Lipinski definition) is 2. The molecule has 0 atom stereocenters. The highest BCUT2D eigenvalue weighted by molar-refractivity contribution is 5.77. The van der Waals surface area contributed by atoms with Crippen LogP contribution < -0.4 is 10.6 Å². The van der Waals surface area contributed by atoms with E-state index >= 15 is 0 Å². The van der Waals surface area contributed by atoms with Gasteiger partial charge >= 0.3 is 0 Å². The number of carbonyl (C=O) groups excluding carboxylic acids is 1. The Bertz CT molecular complexity index is 504. The largest absolute Gasteiger partial charge is 0.467 e. The maximum atomic E-state index is 11.5. The standard InChI is InChI=1S/C13H18N4O2/c1-11-7-16-17(10-11)5-4-14-9-13(18)15-8-12-3-2-6-19-12/h2-3,6-7,10,14H,4-5,8-9H2,1H3,(H,15,18). The van der Waals surface area contributed by atoms with Crippen molar-refractivity contribution in [2.75, 3.05) is 13.1 Å². The minimum Gasteiger partial charge on any atom is -0.467 e. The average molecular weight is 262 g/mol. The predicted molar refractivity (Wildman–Crippen MR) is 70.4 cm³/mol. The minimum atomic E-state index is -0.0481. The van der Waals surface area contributed by atoms with Crippen LogP contribution in [0.4, 0.5) is 0 Å². The Hall–Kier alpha value is -2.08. The third kappa shape index (κ3) is 4.59. The monoisotopic (exact) mass is 262 g/mol.